The van der Waals surface area contributed by atoms with E-state index >= 15 is 0 Å². The second kappa shape index (κ2) is 6.28. The van der Waals surface area contributed by atoms with Crippen molar-refractivity contribution in [3.63, 3.8) is 0 Å². The smallest absolute Gasteiger partial charge is 0.0208 e. The van der Waals surface area contributed by atoms with E-state index in [-0.39, 0.29) is 6.04 Å². The van der Waals surface area contributed by atoms with E-state index in [0.717, 1.165) is 30.7 Å². The van der Waals surface area contributed by atoms with Crippen molar-refractivity contribution in [1.29, 1.82) is 0 Å². The second-order valence-electron chi connectivity index (χ2n) is 7.11. The lowest BCUT2D eigenvalue weighted by atomic mass is 9.88. The molecule has 2 N–H and O–H groups in total. The molecule has 0 saturated heterocycles. The zero-order valence-corrected chi connectivity index (χ0v) is 12.7. The maximum atomic E-state index is 6.32. The van der Waals surface area contributed by atoms with Crippen LogP contribution in [0, 0.1) is 17.8 Å². The standard InChI is InChI=1S/C18H28N2/c1-20(12-17-10-15-7-8-16(17)9-15)13-18(19)11-14-5-3-2-4-6-14/h2-6,15-18H,7-13,19H2,1H3. The minimum atomic E-state index is 0.251. The maximum Gasteiger partial charge on any atom is 0.0208 e. The van der Waals surface area contributed by atoms with Crippen molar-refractivity contribution in [2.24, 2.45) is 23.5 Å². The van der Waals surface area contributed by atoms with Gasteiger partial charge in [0.15, 0.2) is 0 Å². The highest BCUT2D eigenvalue weighted by atomic mass is 15.1. The number of fused-ring (bicyclic) bond motifs is 2. The molecule has 1 aromatic rings. The normalized spacial score (nSPS) is 30.1. The van der Waals surface area contributed by atoms with E-state index < -0.39 is 0 Å². The minimum Gasteiger partial charge on any atom is -0.326 e. The van der Waals surface area contributed by atoms with Crippen LogP contribution in [0.15, 0.2) is 30.3 Å². The second-order valence-corrected chi connectivity index (χ2v) is 7.11. The Labute approximate surface area is 123 Å². The molecule has 2 aliphatic carbocycles. The van der Waals surface area contributed by atoms with Crippen LogP contribution in [0.5, 0.6) is 0 Å². The van der Waals surface area contributed by atoms with Crippen LogP contribution in [0.1, 0.15) is 31.2 Å². The number of hydrogen-bond acceptors (Lipinski definition) is 2. The van der Waals surface area contributed by atoms with E-state index in [1.54, 1.807) is 0 Å². The topological polar surface area (TPSA) is 29.3 Å². The Balaban J connectivity index is 1.43. The first-order valence-electron chi connectivity index (χ1n) is 8.18. The highest BCUT2D eigenvalue weighted by Gasteiger charge is 2.39. The van der Waals surface area contributed by atoms with Gasteiger partial charge in [0.1, 0.15) is 0 Å². The molecule has 0 heterocycles. The Bertz CT molecular complexity index is 417. The van der Waals surface area contributed by atoms with Gasteiger partial charge in [-0.2, -0.15) is 0 Å². The first kappa shape index (κ1) is 14.1. The van der Waals surface area contributed by atoms with Crippen molar-refractivity contribution in [2.75, 3.05) is 20.1 Å². The largest absolute Gasteiger partial charge is 0.326 e. The van der Waals surface area contributed by atoms with Crippen LogP contribution in [-0.4, -0.2) is 31.1 Å². The van der Waals surface area contributed by atoms with Gasteiger partial charge in [-0.3, -0.25) is 0 Å². The van der Waals surface area contributed by atoms with E-state index in [4.69, 9.17) is 5.73 Å². The van der Waals surface area contributed by atoms with Gasteiger partial charge in [0.2, 0.25) is 0 Å². The molecule has 2 bridgehead atoms. The average molecular weight is 272 g/mol. The molecule has 20 heavy (non-hydrogen) atoms. The van der Waals surface area contributed by atoms with E-state index in [0.29, 0.717) is 0 Å². The summed E-state index contributed by atoms with van der Waals surface area (Å²) in [6.45, 7) is 2.27. The van der Waals surface area contributed by atoms with Crippen LogP contribution in [0.2, 0.25) is 0 Å². The van der Waals surface area contributed by atoms with Crippen molar-refractivity contribution in [3.8, 4) is 0 Å². The van der Waals surface area contributed by atoms with Gasteiger partial charge in [-0.1, -0.05) is 36.8 Å². The van der Waals surface area contributed by atoms with Crippen LogP contribution in [0.25, 0.3) is 0 Å². The van der Waals surface area contributed by atoms with Gasteiger partial charge < -0.3 is 10.6 Å². The van der Waals surface area contributed by atoms with Crippen LogP contribution >= 0.6 is 0 Å². The van der Waals surface area contributed by atoms with Gasteiger partial charge in [0, 0.05) is 19.1 Å². The van der Waals surface area contributed by atoms with Gasteiger partial charge in [0.05, 0.1) is 0 Å². The summed E-state index contributed by atoms with van der Waals surface area (Å²) in [5.74, 6) is 3.02. The summed E-state index contributed by atoms with van der Waals surface area (Å²) >= 11 is 0. The molecule has 4 unspecified atom stereocenters. The number of likely N-dealkylation sites (N-methyl/N-ethyl adjacent to an activating group) is 1. The van der Waals surface area contributed by atoms with Gasteiger partial charge in [-0.05, 0) is 56.0 Å². The minimum absolute atomic E-state index is 0.251. The van der Waals surface area contributed by atoms with Crippen molar-refractivity contribution in [3.05, 3.63) is 35.9 Å². The summed E-state index contributed by atoms with van der Waals surface area (Å²) in [5.41, 5.74) is 7.67. The highest BCUT2D eigenvalue weighted by Crippen LogP contribution is 2.48. The fourth-order valence-corrected chi connectivity index (χ4v) is 4.46. The summed E-state index contributed by atoms with van der Waals surface area (Å²) in [5, 5.41) is 0. The molecule has 4 atom stereocenters. The van der Waals surface area contributed by atoms with Crippen LogP contribution < -0.4 is 5.73 Å². The molecule has 0 amide bonds. The number of hydrogen-bond donors (Lipinski definition) is 1. The SMILES string of the molecule is CN(CC(N)Cc1ccccc1)CC1CC2CCC1C2. The molecular formula is C18H28N2. The first-order chi connectivity index (χ1) is 9.70. The summed E-state index contributed by atoms with van der Waals surface area (Å²) < 4.78 is 0. The third-order valence-corrected chi connectivity index (χ3v) is 5.32. The molecule has 2 aliphatic rings. The van der Waals surface area contributed by atoms with Crippen molar-refractivity contribution >= 4 is 0 Å². The number of nitrogens with two attached hydrogens (primary N) is 1. The van der Waals surface area contributed by atoms with Gasteiger partial charge in [-0.15, -0.1) is 0 Å². The zero-order chi connectivity index (χ0) is 13.9. The van der Waals surface area contributed by atoms with Crippen LogP contribution in [0.4, 0.5) is 0 Å². The Kier molecular flexibility index (Phi) is 4.42. The molecule has 1 aromatic carbocycles. The molecule has 0 spiro atoms. The van der Waals surface area contributed by atoms with Crippen molar-refractivity contribution in [1.82, 2.24) is 4.90 Å². The van der Waals surface area contributed by atoms with E-state index in [9.17, 15) is 0 Å². The zero-order valence-electron chi connectivity index (χ0n) is 12.7. The van der Waals surface area contributed by atoms with Crippen molar-refractivity contribution in [2.45, 2.75) is 38.1 Å². The molecule has 0 radical (unpaired) electrons. The van der Waals surface area contributed by atoms with Gasteiger partial charge >= 0.3 is 0 Å². The van der Waals surface area contributed by atoms with Crippen LogP contribution in [0.3, 0.4) is 0 Å². The Morgan fingerprint density at radius 1 is 1.20 bits per heavy atom. The lowest BCUT2D eigenvalue weighted by Gasteiger charge is -2.28. The maximum absolute atomic E-state index is 6.32. The molecule has 2 saturated carbocycles. The van der Waals surface area contributed by atoms with Crippen LogP contribution in [-0.2, 0) is 6.42 Å². The number of nitrogens with zero attached hydrogens (tertiary/aromatic N) is 1. The summed E-state index contributed by atoms with van der Waals surface area (Å²) in [4.78, 5) is 2.47. The predicted octanol–water partition coefficient (Wildman–Crippen LogP) is 2.92. The predicted molar refractivity (Wildman–Crippen MR) is 84.6 cm³/mol. The fourth-order valence-electron chi connectivity index (χ4n) is 4.46. The number of rotatable bonds is 6. The summed E-state index contributed by atoms with van der Waals surface area (Å²) in [6, 6.07) is 10.9. The third kappa shape index (κ3) is 3.42. The molecule has 0 aromatic heterocycles. The lowest BCUT2D eigenvalue weighted by molar-refractivity contribution is 0.211. The quantitative estimate of drug-likeness (QED) is 0.863. The molecule has 2 nitrogen and oxygen atoms in total. The van der Waals surface area contributed by atoms with E-state index in [1.807, 2.05) is 0 Å². The first-order valence-corrected chi connectivity index (χ1v) is 8.18. The Morgan fingerprint density at radius 3 is 2.65 bits per heavy atom. The number of benzene rings is 1. The Morgan fingerprint density at radius 2 is 2.00 bits per heavy atom. The fraction of sp³-hybridized carbons (Fsp3) is 0.667. The van der Waals surface area contributed by atoms with E-state index in [1.165, 1.54) is 37.8 Å². The van der Waals surface area contributed by atoms with E-state index in [2.05, 4.69) is 42.3 Å². The summed E-state index contributed by atoms with van der Waals surface area (Å²) in [7, 11) is 2.25. The Hall–Kier alpha value is -0.860. The van der Waals surface area contributed by atoms with Gasteiger partial charge in [-0.25, -0.2) is 0 Å². The van der Waals surface area contributed by atoms with Gasteiger partial charge in [0.25, 0.3) is 0 Å². The molecular weight excluding hydrogens is 244 g/mol. The highest BCUT2D eigenvalue weighted by molar-refractivity contribution is 5.15. The lowest BCUT2D eigenvalue weighted by Crippen LogP contribution is -2.39. The molecule has 3 rings (SSSR count). The molecule has 2 heteroatoms. The van der Waals surface area contributed by atoms with Crippen molar-refractivity contribution < 1.29 is 0 Å². The molecule has 2 fully saturated rings. The molecule has 110 valence electrons. The summed E-state index contributed by atoms with van der Waals surface area (Å²) in [6.07, 6.45) is 6.96. The third-order valence-electron chi connectivity index (χ3n) is 5.32. The average Bonchev–Trinajstić information content (AvgIpc) is 3.01. The molecule has 0 aliphatic heterocycles. The monoisotopic (exact) mass is 272 g/mol.